The van der Waals surface area contributed by atoms with Gasteiger partial charge in [-0.25, -0.2) is 0 Å². The summed E-state index contributed by atoms with van der Waals surface area (Å²) in [4.78, 5) is 10.2. The summed E-state index contributed by atoms with van der Waals surface area (Å²) >= 11 is 6.06. The molecule has 0 radical (unpaired) electrons. The van der Waals surface area contributed by atoms with E-state index in [0.29, 0.717) is 17.3 Å². The number of hydrogen-bond acceptors (Lipinski definition) is 4. The lowest BCUT2D eigenvalue weighted by atomic mass is 10.1. The molecule has 0 aliphatic rings. The molecule has 21 heavy (non-hydrogen) atoms. The standard InChI is InChI=1S/C15H15ClN2O3/c1-10-7-14(15(21-2)8-13(10)16)17-9-11-3-5-12(6-4-11)18(19)20/h3-8,17H,9H2,1-2H3. The topological polar surface area (TPSA) is 64.4 Å². The SMILES string of the molecule is COc1cc(Cl)c(C)cc1NCc1ccc([N+](=O)[O-])cc1. The molecule has 0 aromatic heterocycles. The van der Waals surface area contributed by atoms with E-state index < -0.39 is 4.92 Å². The van der Waals surface area contributed by atoms with Gasteiger partial charge in [0.25, 0.3) is 5.69 Å². The highest BCUT2D eigenvalue weighted by molar-refractivity contribution is 6.31. The maximum atomic E-state index is 10.6. The third kappa shape index (κ3) is 3.64. The molecular weight excluding hydrogens is 292 g/mol. The van der Waals surface area contributed by atoms with E-state index in [1.807, 2.05) is 13.0 Å². The maximum absolute atomic E-state index is 10.6. The summed E-state index contributed by atoms with van der Waals surface area (Å²) in [6.45, 7) is 2.45. The van der Waals surface area contributed by atoms with Crippen LogP contribution < -0.4 is 10.1 Å². The average molecular weight is 307 g/mol. The van der Waals surface area contributed by atoms with Crippen LogP contribution in [0.1, 0.15) is 11.1 Å². The quantitative estimate of drug-likeness (QED) is 0.665. The molecule has 0 aliphatic heterocycles. The molecule has 2 aromatic carbocycles. The monoisotopic (exact) mass is 306 g/mol. The van der Waals surface area contributed by atoms with Gasteiger partial charge >= 0.3 is 0 Å². The summed E-state index contributed by atoms with van der Waals surface area (Å²) in [6, 6.07) is 10.1. The van der Waals surface area contributed by atoms with Crippen molar-refractivity contribution < 1.29 is 9.66 Å². The fourth-order valence-electron chi connectivity index (χ4n) is 1.90. The highest BCUT2D eigenvalue weighted by atomic mass is 35.5. The number of aryl methyl sites for hydroxylation is 1. The van der Waals surface area contributed by atoms with Crippen LogP contribution >= 0.6 is 11.6 Å². The van der Waals surface area contributed by atoms with Crippen LogP contribution in [-0.4, -0.2) is 12.0 Å². The van der Waals surface area contributed by atoms with Crippen molar-refractivity contribution in [3.05, 3.63) is 62.7 Å². The summed E-state index contributed by atoms with van der Waals surface area (Å²) < 4.78 is 5.28. The maximum Gasteiger partial charge on any atom is 0.269 e. The fourth-order valence-corrected chi connectivity index (χ4v) is 2.06. The molecule has 110 valence electrons. The second-order valence-corrected chi connectivity index (χ2v) is 4.99. The molecule has 2 rings (SSSR count). The van der Waals surface area contributed by atoms with E-state index in [1.165, 1.54) is 12.1 Å². The smallest absolute Gasteiger partial charge is 0.269 e. The van der Waals surface area contributed by atoms with Crippen molar-refractivity contribution in [2.24, 2.45) is 0 Å². The van der Waals surface area contributed by atoms with E-state index in [2.05, 4.69) is 5.32 Å². The first-order valence-corrected chi connectivity index (χ1v) is 6.70. The Morgan fingerprint density at radius 3 is 2.52 bits per heavy atom. The van der Waals surface area contributed by atoms with Gasteiger partial charge in [0, 0.05) is 29.8 Å². The lowest BCUT2D eigenvalue weighted by Crippen LogP contribution is -2.02. The Hall–Kier alpha value is -2.27. The minimum Gasteiger partial charge on any atom is -0.495 e. The van der Waals surface area contributed by atoms with Gasteiger partial charge in [-0.3, -0.25) is 10.1 Å². The summed E-state index contributed by atoms with van der Waals surface area (Å²) in [5, 5.41) is 14.5. The van der Waals surface area contributed by atoms with Crippen molar-refractivity contribution in [2.45, 2.75) is 13.5 Å². The number of hydrogen-bond donors (Lipinski definition) is 1. The van der Waals surface area contributed by atoms with Crippen molar-refractivity contribution in [3.8, 4) is 5.75 Å². The zero-order chi connectivity index (χ0) is 15.4. The first-order chi connectivity index (χ1) is 10.0. The number of nitrogens with one attached hydrogen (secondary N) is 1. The first kappa shape index (κ1) is 15.1. The Kier molecular flexibility index (Phi) is 4.65. The Labute approximate surface area is 127 Å². The molecule has 2 aromatic rings. The molecule has 0 saturated carbocycles. The number of rotatable bonds is 5. The highest BCUT2D eigenvalue weighted by Gasteiger charge is 2.08. The fraction of sp³-hybridized carbons (Fsp3) is 0.200. The number of nitrogens with zero attached hydrogens (tertiary/aromatic N) is 1. The van der Waals surface area contributed by atoms with Crippen molar-refractivity contribution in [3.63, 3.8) is 0 Å². The molecule has 0 aliphatic carbocycles. The molecule has 0 amide bonds. The summed E-state index contributed by atoms with van der Waals surface area (Å²) in [5.74, 6) is 0.660. The van der Waals surface area contributed by atoms with Crippen LogP contribution in [0.4, 0.5) is 11.4 Å². The van der Waals surface area contributed by atoms with E-state index in [9.17, 15) is 10.1 Å². The summed E-state index contributed by atoms with van der Waals surface area (Å²) in [5.41, 5.74) is 2.80. The predicted octanol–water partition coefficient (Wildman–Crippen LogP) is 4.18. The number of halogens is 1. The van der Waals surface area contributed by atoms with Crippen LogP contribution in [0.15, 0.2) is 36.4 Å². The Morgan fingerprint density at radius 2 is 1.95 bits per heavy atom. The average Bonchev–Trinajstić information content (AvgIpc) is 2.48. The van der Waals surface area contributed by atoms with Crippen LogP contribution in [-0.2, 0) is 6.54 Å². The zero-order valence-electron chi connectivity index (χ0n) is 11.7. The van der Waals surface area contributed by atoms with E-state index in [4.69, 9.17) is 16.3 Å². The van der Waals surface area contributed by atoms with Gasteiger partial charge in [0.2, 0.25) is 0 Å². The van der Waals surface area contributed by atoms with E-state index in [-0.39, 0.29) is 5.69 Å². The lowest BCUT2D eigenvalue weighted by Gasteiger charge is -2.13. The van der Waals surface area contributed by atoms with Crippen molar-refractivity contribution in [1.82, 2.24) is 0 Å². The number of non-ortho nitro benzene ring substituents is 1. The number of anilines is 1. The minimum absolute atomic E-state index is 0.0821. The number of benzene rings is 2. The number of nitro groups is 1. The molecule has 5 nitrogen and oxygen atoms in total. The molecule has 0 unspecified atom stereocenters. The first-order valence-electron chi connectivity index (χ1n) is 6.32. The molecule has 0 fully saturated rings. The second kappa shape index (κ2) is 6.45. The third-order valence-corrected chi connectivity index (χ3v) is 3.52. The molecular formula is C15H15ClN2O3. The van der Waals surface area contributed by atoms with Gasteiger partial charge < -0.3 is 10.1 Å². The number of ether oxygens (including phenoxy) is 1. The third-order valence-electron chi connectivity index (χ3n) is 3.11. The minimum atomic E-state index is -0.414. The Morgan fingerprint density at radius 1 is 1.29 bits per heavy atom. The van der Waals surface area contributed by atoms with Crippen molar-refractivity contribution in [2.75, 3.05) is 12.4 Å². The Bertz CT molecular complexity index is 657. The van der Waals surface area contributed by atoms with Crippen LogP contribution in [0.2, 0.25) is 5.02 Å². The lowest BCUT2D eigenvalue weighted by molar-refractivity contribution is -0.384. The largest absolute Gasteiger partial charge is 0.495 e. The van der Waals surface area contributed by atoms with Gasteiger partial charge in [-0.15, -0.1) is 0 Å². The summed E-state index contributed by atoms with van der Waals surface area (Å²) in [7, 11) is 1.58. The zero-order valence-corrected chi connectivity index (χ0v) is 12.5. The molecule has 0 bridgehead atoms. The van der Waals surface area contributed by atoms with Gasteiger partial charge in [-0.2, -0.15) is 0 Å². The number of nitro benzene ring substituents is 1. The van der Waals surface area contributed by atoms with Crippen LogP contribution in [0, 0.1) is 17.0 Å². The normalized spacial score (nSPS) is 10.2. The molecule has 6 heteroatoms. The van der Waals surface area contributed by atoms with Crippen molar-refractivity contribution >= 4 is 23.0 Å². The van der Waals surface area contributed by atoms with E-state index in [0.717, 1.165) is 16.8 Å². The van der Waals surface area contributed by atoms with Gasteiger partial charge in [0.15, 0.2) is 0 Å². The second-order valence-electron chi connectivity index (χ2n) is 4.58. The van der Waals surface area contributed by atoms with E-state index >= 15 is 0 Å². The Balaban J connectivity index is 2.12. The molecule has 0 spiro atoms. The molecule has 1 N–H and O–H groups in total. The predicted molar refractivity (Wildman–Crippen MR) is 83.2 cm³/mol. The highest BCUT2D eigenvalue weighted by Crippen LogP contribution is 2.31. The van der Waals surface area contributed by atoms with Crippen LogP contribution in [0.3, 0.4) is 0 Å². The molecule has 0 heterocycles. The van der Waals surface area contributed by atoms with Crippen molar-refractivity contribution in [1.29, 1.82) is 0 Å². The molecule has 0 saturated heterocycles. The number of methoxy groups -OCH3 is 1. The van der Waals surface area contributed by atoms with Gasteiger partial charge in [-0.1, -0.05) is 23.7 Å². The summed E-state index contributed by atoms with van der Waals surface area (Å²) in [6.07, 6.45) is 0. The van der Waals surface area contributed by atoms with Crippen LogP contribution in [0.25, 0.3) is 0 Å². The van der Waals surface area contributed by atoms with Gasteiger partial charge in [0.1, 0.15) is 5.75 Å². The van der Waals surface area contributed by atoms with Gasteiger partial charge in [0.05, 0.1) is 17.7 Å². The molecule has 0 atom stereocenters. The van der Waals surface area contributed by atoms with Crippen LogP contribution in [0.5, 0.6) is 5.75 Å². The van der Waals surface area contributed by atoms with E-state index in [1.54, 1.807) is 25.3 Å². The van der Waals surface area contributed by atoms with Gasteiger partial charge in [-0.05, 0) is 24.1 Å².